The van der Waals surface area contributed by atoms with E-state index in [1.54, 1.807) is 0 Å². The summed E-state index contributed by atoms with van der Waals surface area (Å²) in [4.78, 5) is 36.9. The minimum absolute atomic E-state index is 0.105. The monoisotopic (exact) mass is 730 g/mol. The molecule has 0 aliphatic rings. The van der Waals surface area contributed by atoms with Crippen LogP contribution in [0.5, 0.6) is 0 Å². The van der Waals surface area contributed by atoms with Crippen LogP contribution in [-0.2, 0) is 32.7 Å². The topological polar surface area (TPSA) is 139 Å². The van der Waals surface area contributed by atoms with Crippen LogP contribution in [-0.4, -0.2) is 44.4 Å². The van der Waals surface area contributed by atoms with E-state index in [9.17, 15) is 19.0 Å². The van der Waals surface area contributed by atoms with Crippen LogP contribution >= 0.6 is 7.82 Å². The highest BCUT2D eigenvalue weighted by molar-refractivity contribution is 7.45. The highest BCUT2D eigenvalue weighted by Crippen LogP contribution is 2.38. The van der Waals surface area contributed by atoms with Gasteiger partial charge >= 0.3 is 11.9 Å². The quantitative estimate of drug-likeness (QED) is 0.0287. The van der Waals surface area contributed by atoms with Gasteiger partial charge in [-0.1, -0.05) is 134 Å². The molecule has 0 saturated heterocycles. The van der Waals surface area contributed by atoms with Crippen molar-refractivity contribution in [2.75, 3.05) is 26.4 Å². The molecule has 2 atom stereocenters. The predicted molar refractivity (Wildman–Crippen MR) is 202 cm³/mol. The highest BCUT2D eigenvalue weighted by Gasteiger charge is 2.21. The number of quaternary nitrogens is 1. The van der Waals surface area contributed by atoms with Gasteiger partial charge in [0.15, 0.2) is 6.10 Å². The van der Waals surface area contributed by atoms with E-state index in [1.807, 2.05) is 0 Å². The van der Waals surface area contributed by atoms with Crippen LogP contribution in [0.1, 0.15) is 187 Å². The molecule has 9 nitrogen and oxygen atoms in total. The fourth-order valence-corrected chi connectivity index (χ4v) is 6.29. The van der Waals surface area contributed by atoms with Crippen molar-refractivity contribution in [3.63, 3.8) is 0 Å². The Bertz CT molecular complexity index is 881. The molecular weight excluding hydrogens is 653 g/mol. The van der Waals surface area contributed by atoms with E-state index in [2.05, 4.69) is 43.9 Å². The summed E-state index contributed by atoms with van der Waals surface area (Å²) in [5, 5.41) is 0. The molecule has 50 heavy (non-hydrogen) atoms. The predicted octanol–water partition coefficient (Wildman–Crippen LogP) is 9.87. The molecule has 0 fully saturated rings. The van der Waals surface area contributed by atoms with E-state index in [1.165, 1.54) is 89.9 Å². The third-order valence-electron chi connectivity index (χ3n) is 8.58. The molecular formula is C40H76NO8P. The van der Waals surface area contributed by atoms with Gasteiger partial charge in [-0.25, -0.2) is 0 Å². The van der Waals surface area contributed by atoms with Crippen molar-refractivity contribution >= 4 is 19.8 Å². The molecule has 3 N–H and O–H groups in total. The smallest absolute Gasteiger partial charge is 0.306 e. The second-order valence-electron chi connectivity index (χ2n) is 13.5. The second kappa shape index (κ2) is 37.3. The van der Waals surface area contributed by atoms with Crippen molar-refractivity contribution in [3.8, 4) is 0 Å². The lowest BCUT2D eigenvalue weighted by Gasteiger charge is -2.25. The maximum atomic E-state index is 12.5. The molecule has 0 bridgehead atoms. The molecule has 0 aliphatic heterocycles. The molecule has 294 valence electrons. The average molecular weight is 730 g/mol. The van der Waals surface area contributed by atoms with Gasteiger partial charge < -0.3 is 29.1 Å². The first-order valence-corrected chi connectivity index (χ1v) is 21.8. The molecule has 10 heteroatoms. The molecule has 0 saturated carbocycles. The summed E-state index contributed by atoms with van der Waals surface area (Å²) in [7, 11) is -4.58. The number of allylic oxidation sites excluding steroid dienone is 4. The van der Waals surface area contributed by atoms with Gasteiger partial charge in [-0.05, 0) is 64.2 Å². The van der Waals surface area contributed by atoms with Gasteiger partial charge in [-0.3, -0.25) is 14.2 Å². The molecule has 0 amide bonds. The zero-order valence-electron chi connectivity index (χ0n) is 32.2. The van der Waals surface area contributed by atoms with Gasteiger partial charge in [0, 0.05) is 12.8 Å². The number of phosphoric ester groups is 1. The van der Waals surface area contributed by atoms with Gasteiger partial charge in [0.2, 0.25) is 0 Å². The Hall–Kier alpha value is -1.51. The van der Waals surface area contributed by atoms with Crippen LogP contribution < -0.4 is 10.6 Å². The van der Waals surface area contributed by atoms with Crippen LogP contribution in [0.4, 0.5) is 0 Å². The van der Waals surface area contributed by atoms with E-state index >= 15 is 0 Å². The minimum Gasteiger partial charge on any atom is -0.756 e. The molecule has 0 aromatic carbocycles. The summed E-state index contributed by atoms with van der Waals surface area (Å²) >= 11 is 0. The molecule has 0 rings (SSSR count). The lowest BCUT2D eigenvalue weighted by Crippen LogP contribution is -2.52. The fourth-order valence-electron chi connectivity index (χ4n) is 5.51. The van der Waals surface area contributed by atoms with Crippen LogP contribution in [0.15, 0.2) is 24.3 Å². The number of carbonyl (C=O) groups excluding carboxylic acids is 2. The Labute approximate surface area is 306 Å². The van der Waals surface area contributed by atoms with Gasteiger partial charge in [-0.15, -0.1) is 0 Å². The Balaban J connectivity index is 4.21. The summed E-state index contributed by atoms with van der Waals surface area (Å²) < 4.78 is 32.4. The zero-order chi connectivity index (χ0) is 36.8. The number of unbranched alkanes of at least 4 members (excludes halogenated alkanes) is 21. The maximum Gasteiger partial charge on any atom is 0.306 e. The standard InChI is InChI=1S/C40H76NO8P/c1-3-5-7-9-11-13-15-17-19-21-23-25-27-29-31-33-40(43)49-38(37-48-50(44,45)47-35-34-41)36-46-39(42)32-30-28-26-24-22-20-18-16-14-12-10-8-6-4-2/h14,16-17,19,38H,3-13,15,18,20-37,41H2,1-2H3,(H,44,45)/b16-14-,19-17-/t38-/m1/s1. The van der Waals surface area contributed by atoms with Crippen molar-refractivity contribution in [1.82, 2.24) is 0 Å². The van der Waals surface area contributed by atoms with Crippen molar-refractivity contribution in [2.45, 2.75) is 193 Å². The molecule has 0 aromatic heterocycles. The minimum atomic E-state index is -4.58. The lowest BCUT2D eigenvalue weighted by molar-refractivity contribution is -0.373. The van der Waals surface area contributed by atoms with Crippen LogP contribution in [0, 0.1) is 0 Å². The molecule has 0 aliphatic carbocycles. The van der Waals surface area contributed by atoms with Crippen LogP contribution in [0.2, 0.25) is 0 Å². The largest absolute Gasteiger partial charge is 0.756 e. The molecule has 0 radical (unpaired) electrons. The summed E-state index contributed by atoms with van der Waals surface area (Å²) in [6.07, 6.45) is 37.6. The van der Waals surface area contributed by atoms with Gasteiger partial charge in [-0.2, -0.15) is 0 Å². The first kappa shape index (κ1) is 48.5. The third-order valence-corrected chi connectivity index (χ3v) is 9.54. The number of hydrogen-bond donors (Lipinski definition) is 1. The van der Waals surface area contributed by atoms with E-state index in [-0.39, 0.29) is 32.6 Å². The van der Waals surface area contributed by atoms with Crippen LogP contribution in [0.3, 0.4) is 0 Å². The summed E-state index contributed by atoms with van der Waals surface area (Å²) in [6, 6.07) is 0. The molecule has 0 spiro atoms. The second-order valence-corrected chi connectivity index (χ2v) is 15.0. The van der Waals surface area contributed by atoms with E-state index in [0.717, 1.165) is 64.2 Å². The van der Waals surface area contributed by atoms with Gasteiger partial charge in [0.05, 0.1) is 13.2 Å². The first-order valence-electron chi connectivity index (χ1n) is 20.4. The molecule has 1 unspecified atom stereocenters. The first-order chi connectivity index (χ1) is 24.3. The Morgan fingerprint density at radius 3 is 1.44 bits per heavy atom. The van der Waals surface area contributed by atoms with Crippen molar-refractivity contribution in [1.29, 1.82) is 0 Å². The van der Waals surface area contributed by atoms with Gasteiger partial charge in [0.25, 0.3) is 7.82 Å². The number of ether oxygens (including phenoxy) is 2. The average Bonchev–Trinajstić information content (AvgIpc) is 3.10. The summed E-state index contributed by atoms with van der Waals surface area (Å²) in [6.45, 7) is 3.90. The number of esters is 2. The number of phosphoric acid groups is 1. The zero-order valence-corrected chi connectivity index (χ0v) is 33.1. The number of rotatable bonds is 38. The van der Waals surface area contributed by atoms with Crippen molar-refractivity contribution < 1.29 is 43.3 Å². The Morgan fingerprint density at radius 1 is 0.580 bits per heavy atom. The van der Waals surface area contributed by atoms with E-state index in [4.69, 9.17) is 18.5 Å². The van der Waals surface area contributed by atoms with Crippen molar-refractivity contribution in [2.24, 2.45) is 0 Å². The summed E-state index contributed by atoms with van der Waals surface area (Å²) in [5.41, 5.74) is 3.55. The summed E-state index contributed by atoms with van der Waals surface area (Å²) in [5.74, 6) is -0.861. The molecule has 0 aromatic rings. The van der Waals surface area contributed by atoms with Gasteiger partial charge in [0.1, 0.15) is 13.2 Å². The third kappa shape index (κ3) is 36.3. The van der Waals surface area contributed by atoms with Crippen LogP contribution in [0.25, 0.3) is 0 Å². The fraction of sp³-hybridized carbons (Fsp3) is 0.850. The van der Waals surface area contributed by atoms with Crippen molar-refractivity contribution in [3.05, 3.63) is 24.3 Å². The number of hydrogen-bond acceptors (Lipinski definition) is 8. The Morgan fingerprint density at radius 2 is 0.980 bits per heavy atom. The number of carbonyl (C=O) groups is 2. The normalized spacial score (nSPS) is 13.6. The Kier molecular flexibility index (Phi) is 36.1. The van der Waals surface area contributed by atoms with E-state index in [0.29, 0.717) is 6.42 Å². The van der Waals surface area contributed by atoms with E-state index < -0.39 is 32.5 Å². The SMILES string of the molecule is CCCCCC/C=C\CCCCCCCCC(=O)OC[C@H](COP(=O)([O-])OCC[NH3+])OC(=O)CCCCCCC/C=C\CCCCCCCC. The molecule has 0 heterocycles. The lowest BCUT2D eigenvalue weighted by atomic mass is 10.1. The maximum absolute atomic E-state index is 12.5. The highest BCUT2D eigenvalue weighted by atomic mass is 31.2.